The Balaban J connectivity index is 3.07. The fourth-order valence-electron chi connectivity index (χ4n) is 2.75. The van der Waals surface area contributed by atoms with Crippen LogP contribution in [0.1, 0.15) is 47.5 Å². The number of rotatable bonds is 12. The molecule has 1 aliphatic heterocycles. The van der Waals surface area contributed by atoms with Crippen molar-refractivity contribution in [2.24, 2.45) is 5.41 Å². The number of hydrogen-bond acceptors (Lipinski definition) is 5. The van der Waals surface area contributed by atoms with Gasteiger partial charge in [-0.25, -0.2) is 0 Å². The van der Waals surface area contributed by atoms with Gasteiger partial charge in [-0.1, -0.05) is 13.8 Å². The molecular weight excluding hydrogens is 288 g/mol. The molecule has 1 aliphatic rings. The molecule has 0 saturated carbocycles. The topological polar surface area (TPSA) is 46.2 Å². The maximum absolute atomic E-state index is 6.22. The molecule has 6 heteroatoms. The first-order valence-electron chi connectivity index (χ1n) is 8.25. The van der Waals surface area contributed by atoms with Crippen molar-refractivity contribution in [3.05, 3.63) is 0 Å². The van der Waals surface area contributed by atoms with Crippen molar-refractivity contribution < 1.29 is 22.8 Å². The molecule has 0 aromatic heterocycles. The van der Waals surface area contributed by atoms with Crippen molar-refractivity contribution in [3.63, 3.8) is 0 Å². The number of hydrogen-bond donors (Lipinski definition) is 0. The third-order valence-corrected chi connectivity index (χ3v) is 7.38. The quantitative estimate of drug-likeness (QED) is 0.517. The Labute approximate surface area is 130 Å². The third-order valence-electron chi connectivity index (χ3n) is 3.89. The van der Waals surface area contributed by atoms with E-state index in [2.05, 4.69) is 13.8 Å². The van der Waals surface area contributed by atoms with E-state index in [1.165, 1.54) is 0 Å². The highest BCUT2D eigenvalue weighted by atomic mass is 28.4. The fraction of sp³-hybridized carbons (Fsp3) is 1.00. The van der Waals surface area contributed by atoms with Crippen LogP contribution in [0.25, 0.3) is 0 Å². The molecule has 1 saturated heterocycles. The van der Waals surface area contributed by atoms with E-state index in [1.807, 2.05) is 20.8 Å². The molecule has 0 spiro atoms. The van der Waals surface area contributed by atoms with Gasteiger partial charge in [0.2, 0.25) is 0 Å². The minimum atomic E-state index is -2.89. The monoisotopic (exact) mass is 320 g/mol. The molecule has 0 aliphatic carbocycles. The van der Waals surface area contributed by atoms with E-state index in [1.54, 1.807) is 0 Å². The summed E-state index contributed by atoms with van der Waals surface area (Å²) in [5, 5.41) is 0. The predicted molar refractivity (Wildman–Crippen MR) is 84.2 cm³/mol. The second-order valence-corrected chi connectivity index (χ2v) is 7.96. The van der Waals surface area contributed by atoms with Gasteiger partial charge in [0.05, 0.1) is 13.2 Å². The van der Waals surface area contributed by atoms with Crippen LogP contribution >= 0.6 is 0 Å². The SMILES string of the molecule is CCCOC(C1(CC)COC1)[Si](OCC)(OCC)OCC. The molecule has 1 atom stereocenters. The average molecular weight is 321 g/mol. The van der Waals surface area contributed by atoms with E-state index in [9.17, 15) is 0 Å². The van der Waals surface area contributed by atoms with Crippen molar-refractivity contribution in [2.45, 2.75) is 53.2 Å². The van der Waals surface area contributed by atoms with Gasteiger partial charge in [0, 0.05) is 31.8 Å². The lowest BCUT2D eigenvalue weighted by molar-refractivity contribution is -0.186. The van der Waals surface area contributed by atoms with Gasteiger partial charge in [0.25, 0.3) is 0 Å². The largest absolute Gasteiger partial charge is 0.532 e. The molecule has 1 heterocycles. The zero-order valence-corrected chi connectivity index (χ0v) is 15.3. The zero-order valence-electron chi connectivity index (χ0n) is 14.3. The van der Waals surface area contributed by atoms with Crippen LogP contribution in [0.15, 0.2) is 0 Å². The summed E-state index contributed by atoms with van der Waals surface area (Å²) >= 11 is 0. The summed E-state index contributed by atoms with van der Waals surface area (Å²) in [7, 11) is -2.89. The summed E-state index contributed by atoms with van der Waals surface area (Å²) in [4.78, 5) is 0. The molecule has 1 unspecified atom stereocenters. The lowest BCUT2D eigenvalue weighted by atomic mass is 9.84. The Morgan fingerprint density at radius 2 is 1.48 bits per heavy atom. The van der Waals surface area contributed by atoms with Crippen LogP contribution in [0.4, 0.5) is 0 Å². The summed E-state index contributed by atoms with van der Waals surface area (Å²) in [6.07, 6.45) is 1.94. The van der Waals surface area contributed by atoms with Crippen molar-refractivity contribution in [2.75, 3.05) is 39.6 Å². The van der Waals surface area contributed by atoms with Crippen LogP contribution in [-0.4, -0.2) is 54.2 Å². The molecule has 0 N–H and O–H groups in total. The standard InChI is InChI=1S/C15H32O5Si/c1-6-11-17-14(15(7-2)12-16-13-15)21(18-8-3,19-9-4)20-10-5/h14H,6-13H2,1-5H3. The molecule has 0 aromatic carbocycles. The molecule has 0 amide bonds. The molecule has 0 bridgehead atoms. The van der Waals surface area contributed by atoms with E-state index < -0.39 is 8.80 Å². The van der Waals surface area contributed by atoms with E-state index in [-0.39, 0.29) is 11.1 Å². The van der Waals surface area contributed by atoms with Crippen LogP contribution in [-0.2, 0) is 22.8 Å². The highest BCUT2D eigenvalue weighted by Crippen LogP contribution is 2.42. The summed E-state index contributed by atoms with van der Waals surface area (Å²) in [6, 6.07) is 0. The highest BCUT2D eigenvalue weighted by molar-refractivity contribution is 6.62. The summed E-state index contributed by atoms with van der Waals surface area (Å²) in [5.41, 5.74) is -0.190. The maximum atomic E-state index is 6.22. The van der Waals surface area contributed by atoms with E-state index in [4.69, 9.17) is 22.8 Å². The zero-order chi connectivity index (χ0) is 15.8. The fourth-order valence-corrected chi connectivity index (χ4v) is 6.10. The van der Waals surface area contributed by atoms with Gasteiger partial charge in [-0.3, -0.25) is 0 Å². The Kier molecular flexibility index (Phi) is 8.37. The molecule has 0 aromatic rings. The van der Waals surface area contributed by atoms with Crippen LogP contribution in [0.2, 0.25) is 0 Å². The summed E-state index contributed by atoms with van der Waals surface area (Å²) < 4.78 is 29.9. The van der Waals surface area contributed by atoms with Gasteiger partial charge < -0.3 is 22.8 Å². The molecule has 126 valence electrons. The Morgan fingerprint density at radius 3 is 1.76 bits per heavy atom. The smallest absolute Gasteiger partial charge is 0.380 e. The van der Waals surface area contributed by atoms with Crippen LogP contribution < -0.4 is 0 Å². The van der Waals surface area contributed by atoms with Crippen molar-refractivity contribution >= 4 is 8.80 Å². The maximum Gasteiger partial charge on any atom is 0.532 e. The molecule has 21 heavy (non-hydrogen) atoms. The Bertz CT molecular complexity index is 261. The van der Waals surface area contributed by atoms with Gasteiger partial charge >= 0.3 is 8.80 Å². The van der Waals surface area contributed by atoms with E-state index in [0.29, 0.717) is 39.6 Å². The molecule has 1 fully saturated rings. The highest BCUT2D eigenvalue weighted by Gasteiger charge is 2.62. The predicted octanol–water partition coefficient (Wildman–Crippen LogP) is 2.80. The van der Waals surface area contributed by atoms with Crippen LogP contribution in [0.5, 0.6) is 0 Å². The lowest BCUT2D eigenvalue weighted by Gasteiger charge is -2.50. The van der Waals surface area contributed by atoms with E-state index in [0.717, 1.165) is 12.8 Å². The normalized spacial score (nSPS) is 19.3. The summed E-state index contributed by atoms with van der Waals surface area (Å²) in [6.45, 7) is 14.0. The lowest BCUT2D eigenvalue weighted by Crippen LogP contribution is -2.68. The minimum Gasteiger partial charge on any atom is -0.380 e. The third kappa shape index (κ3) is 4.27. The van der Waals surface area contributed by atoms with Crippen LogP contribution in [0, 0.1) is 5.41 Å². The first-order chi connectivity index (χ1) is 10.1. The Hall–Kier alpha value is 0.0169. The van der Waals surface area contributed by atoms with Crippen molar-refractivity contribution in [1.29, 1.82) is 0 Å². The van der Waals surface area contributed by atoms with Gasteiger partial charge in [-0.05, 0) is 33.6 Å². The number of ether oxygens (including phenoxy) is 2. The molecule has 0 radical (unpaired) electrons. The van der Waals surface area contributed by atoms with Crippen LogP contribution in [0.3, 0.4) is 0 Å². The minimum absolute atomic E-state index is 0.0408. The Morgan fingerprint density at radius 1 is 0.952 bits per heavy atom. The first kappa shape index (κ1) is 19.1. The van der Waals surface area contributed by atoms with E-state index >= 15 is 0 Å². The molecular formula is C15H32O5Si. The van der Waals surface area contributed by atoms with Gasteiger partial charge in [0.15, 0.2) is 0 Å². The molecule has 5 nitrogen and oxygen atoms in total. The van der Waals surface area contributed by atoms with Gasteiger partial charge in [-0.2, -0.15) is 0 Å². The van der Waals surface area contributed by atoms with Crippen molar-refractivity contribution in [3.8, 4) is 0 Å². The average Bonchev–Trinajstić information content (AvgIpc) is 2.42. The van der Waals surface area contributed by atoms with Gasteiger partial charge in [-0.15, -0.1) is 0 Å². The summed E-state index contributed by atoms with van der Waals surface area (Å²) in [5.74, 6) is 0. The first-order valence-corrected chi connectivity index (χ1v) is 10.1. The molecule has 1 rings (SSSR count). The van der Waals surface area contributed by atoms with Gasteiger partial charge in [0.1, 0.15) is 5.73 Å². The van der Waals surface area contributed by atoms with Crippen molar-refractivity contribution in [1.82, 2.24) is 0 Å². The second-order valence-electron chi connectivity index (χ2n) is 5.36. The second kappa shape index (κ2) is 9.22.